The summed E-state index contributed by atoms with van der Waals surface area (Å²) in [6.07, 6.45) is 21.6. The number of carbonyl (C=O) groups excluding carboxylic acids is 8. The van der Waals surface area contributed by atoms with Crippen LogP contribution in [0.15, 0.2) is 120 Å². The van der Waals surface area contributed by atoms with Gasteiger partial charge in [0.15, 0.2) is 17.0 Å². The monoisotopic (exact) mass is 1990 g/mol. The number of anilines is 4. The predicted molar refractivity (Wildman–Crippen MR) is 541 cm³/mol. The summed E-state index contributed by atoms with van der Waals surface area (Å²) in [4.78, 5) is 151. The quantitative estimate of drug-likeness (QED) is 0.0126. The van der Waals surface area contributed by atoms with E-state index in [9.17, 15) is 48.6 Å². The number of fused-ring (bicyclic) bond motifs is 6. The van der Waals surface area contributed by atoms with Gasteiger partial charge in [0.1, 0.15) is 59.6 Å². The van der Waals surface area contributed by atoms with Crippen LogP contribution < -0.4 is 26.6 Å². The van der Waals surface area contributed by atoms with Crippen molar-refractivity contribution in [2.24, 2.45) is 35.5 Å². The van der Waals surface area contributed by atoms with Gasteiger partial charge in [-0.05, 0) is 169 Å². The number of allylic oxidation sites excluding steroid dienone is 5. The Morgan fingerprint density at radius 2 is 1.42 bits per heavy atom. The second-order valence-corrected chi connectivity index (χ2v) is 39.8. The van der Waals surface area contributed by atoms with Crippen molar-refractivity contribution in [3.05, 3.63) is 143 Å². The number of ketones is 3. The number of piperidine rings is 1. The minimum atomic E-state index is -2.44. The fourth-order valence-corrected chi connectivity index (χ4v) is 20.3. The van der Waals surface area contributed by atoms with Crippen molar-refractivity contribution in [2.45, 2.75) is 245 Å². The van der Waals surface area contributed by atoms with E-state index in [0.717, 1.165) is 93.2 Å². The molecule has 5 fully saturated rings. The van der Waals surface area contributed by atoms with E-state index in [4.69, 9.17) is 63.6 Å². The fourth-order valence-electron chi connectivity index (χ4n) is 20.3. The van der Waals surface area contributed by atoms with Crippen molar-refractivity contribution >= 4 is 92.9 Å². The van der Waals surface area contributed by atoms with Gasteiger partial charge < -0.3 is 98.5 Å². The smallest absolute Gasteiger partial charge is 0.329 e. The zero-order chi connectivity index (χ0) is 103. The summed E-state index contributed by atoms with van der Waals surface area (Å²) in [5.41, 5.74) is 21.4. The molecule has 1 saturated carbocycles. The van der Waals surface area contributed by atoms with Gasteiger partial charge in [0.25, 0.3) is 23.6 Å². The molecule has 7 N–H and O–H groups in total. The molecule has 2 bridgehead atoms. The molecule has 14 rings (SSSR count). The highest BCUT2D eigenvalue weighted by Gasteiger charge is 2.54. The molecule has 0 radical (unpaired) electrons. The summed E-state index contributed by atoms with van der Waals surface area (Å²) in [6, 6.07) is 10.9. The van der Waals surface area contributed by atoms with Crippen LogP contribution in [0.4, 0.5) is 23.7 Å². The molecule has 4 saturated heterocycles. The molecule has 5 aromatic heterocycles. The number of nitrogen functional groups attached to an aromatic ring is 2. The average Bonchev–Trinajstić information content (AvgIpc) is 1.27. The average molecular weight is 1990 g/mol. The van der Waals surface area contributed by atoms with Gasteiger partial charge in [-0.3, -0.25) is 38.5 Å². The van der Waals surface area contributed by atoms with Crippen LogP contribution in [0.3, 0.4) is 0 Å². The number of benzene rings is 2. The van der Waals surface area contributed by atoms with E-state index in [-0.39, 0.29) is 104 Å². The first-order valence-corrected chi connectivity index (χ1v) is 51.0. The molecule has 38 nitrogen and oxygen atoms in total. The van der Waals surface area contributed by atoms with Gasteiger partial charge >= 0.3 is 11.9 Å². The van der Waals surface area contributed by atoms with Crippen molar-refractivity contribution in [2.75, 3.05) is 155 Å². The molecular formula is C106H148N18O20. The largest absolute Gasteiger partial charge is 0.460 e. The lowest BCUT2D eigenvalue weighted by Crippen LogP contribution is -2.61. The van der Waals surface area contributed by atoms with E-state index in [1.165, 1.54) is 23.9 Å². The van der Waals surface area contributed by atoms with Crippen molar-refractivity contribution in [1.82, 2.24) is 69.6 Å². The number of aromatic nitrogens is 9. The number of hydrogen-bond acceptors (Lipinski definition) is 34. The number of methoxy groups -OCH3 is 4. The van der Waals surface area contributed by atoms with Gasteiger partial charge in [-0.25, -0.2) is 39.4 Å². The Kier molecular flexibility index (Phi) is 40.2. The number of oxazole rings is 1. The Bertz CT molecular complexity index is 5600. The van der Waals surface area contributed by atoms with E-state index >= 15 is 0 Å². The number of Topliss-reactive ketones (excluding diaryl/α,β-unsaturated/α-hetero) is 3. The van der Waals surface area contributed by atoms with Crippen LogP contribution in [0.5, 0.6) is 0 Å². The van der Waals surface area contributed by atoms with Gasteiger partial charge in [-0.2, -0.15) is 10.1 Å². The molecule has 782 valence electrons. The summed E-state index contributed by atoms with van der Waals surface area (Å²) in [6.45, 7) is 26.1. The third-order valence-electron chi connectivity index (χ3n) is 29.1. The highest BCUT2D eigenvalue weighted by atomic mass is 16.6. The van der Waals surface area contributed by atoms with E-state index in [1.54, 1.807) is 66.9 Å². The number of ether oxygens (including phenoxy) is 9. The number of aliphatic hydroxyl groups excluding tert-OH is 1. The Morgan fingerprint density at radius 3 is 2.14 bits per heavy atom. The molecule has 2 aromatic carbocycles. The molecule has 16 atom stereocenters. The molecule has 0 spiro atoms. The lowest BCUT2D eigenvalue weighted by molar-refractivity contribution is -0.265. The van der Waals surface area contributed by atoms with Crippen molar-refractivity contribution in [1.29, 1.82) is 0 Å². The van der Waals surface area contributed by atoms with Gasteiger partial charge in [0.2, 0.25) is 23.6 Å². The van der Waals surface area contributed by atoms with Crippen LogP contribution in [0.1, 0.15) is 191 Å². The molecule has 0 unspecified atom stereocenters. The lowest BCUT2D eigenvalue weighted by atomic mass is 9.78. The number of esters is 2. The normalized spacial score (nSPS) is 27.1. The number of nitrogens with one attached hydrogen (secondary N) is 1. The van der Waals surface area contributed by atoms with E-state index in [2.05, 4.69) is 85.1 Å². The summed E-state index contributed by atoms with van der Waals surface area (Å²) >= 11 is 0. The van der Waals surface area contributed by atoms with Gasteiger partial charge in [-0.15, -0.1) is 0 Å². The summed E-state index contributed by atoms with van der Waals surface area (Å²) in [5.74, 6) is -6.04. The van der Waals surface area contributed by atoms with Crippen LogP contribution in [-0.2, 0) is 102 Å². The third kappa shape index (κ3) is 29.3. The number of cyclic esters (lactones) is 1. The van der Waals surface area contributed by atoms with Gasteiger partial charge in [0, 0.05) is 206 Å². The highest BCUT2D eigenvalue weighted by Crippen LogP contribution is 2.41. The first kappa shape index (κ1) is 110. The summed E-state index contributed by atoms with van der Waals surface area (Å²) in [7, 11) is 8.27. The zero-order valence-electron chi connectivity index (χ0n) is 85.8. The number of nitrogens with zero attached hydrogens (tertiary/aromatic N) is 15. The van der Waals surface area contributed by atoms with Crippen LogP contribution in [0, 0.1) is 35.5 Å². The number of hydrogen-bond donors (Lipinski definition) is 5. The maximum atomic E-state index is 14.9. The molecule has 1 aliphatic carbocycles. The standard InChI is InChI=1S/C69H108N6O16.C37H40N12O4/c1-44-19-14-13-15-20-45(2)56(84-9)39-53-25-23-50(7)69(83,91-53)65(80)66(81)75-28-17-16-21-54(75)67(82)90-58(40-57(85-10)46(3)36-49(6)63(79)64(87-12)62(78)48(5)35-44)47(4)37-51-24-26-55(59(38-51)86-11)89-61(77)22-18-33-88-34-27-60(76)70-41-52-42-71-68(72-43-52)74-31-29-73(8)30-32-74;1-23(50)7-14-52-15-13-46-9-11-47(12-10-46)37-40-18-28(19-41-37)35(51)48-8-6-25-16-24(2-3-27(25)21-48)20-49-34-31(33(38)42-22-43-34)32(45-49)26-4-5-30-29(17-26)44-36(39)53-30/h13-15,19-20,36,42-44,46-48,50-51,53-59,63-64,79,83H,16-18,21-35,37-41H2,1-12H3,(H,70,76);2-5,16-19,22H,6-15,20-21H2,1H3,(H2,39,44)(H2,38,42,43)/b15-13+,19-14+,45-20+,49-36+;/t44-,46-,47-,48-,50-,51+,53+,54+,55-,56+,57-,58+,59-,63-,64+,69-;/m1./s1. The number of rotatable bonds is 29. The molecule has 38 heteroatoms. The van der Waals surface area contributed by atoms with E-state index in [1.807, 2.05) is 98.9 Å². The Labute approximate surface area is 843 Å². The van der Waals surface area contributed by atoms with Crippen LogP contribution in [0.2, 0.25) is 0 Å². The van der Waals surface area contributed by atoms with Crippen molar-refractivity contribution in [3.8, 4) is 11.3 Å². The number of amides is 3. The maximum Gasteiger partial charge on any atom is 0.329 e. The van der Waals surface area contributed by atoms with Crippen molar-refractivity contribution < 1.29 is 95.6 Å². The molecule has 6 aliphatic heterocycles. The third-order valence-corrected chi connectivity index (χ3v) is 29.1. The lowest BCUT2D eigenvalue weighted by Gasteiger charge is -2.43. The highest BCUT2D eigenvalue weighted by molar-refractivity contribution is 6.39. The van der Waals surface area contributed by atoms with Crippen molar-refractivity contribution in [3.63, 3.8) is 0 Å². The molecular weight excluding hydrogens is 1850 g/mol. The first-order valence-electron chi connectivity index (χ1n) is 51.0. The number of likely N-dealkylation sites (N-methyl/N-ethyl adjacent to an activating group) is 1. The molecule has 7 aromatic rings. The molecule has 11 heterocycles. The van der Waals surface area contributed by atoms with Gasteiger partial charge in [-0.1, -0.05) is 89.3 Å². The Morgan fingerprint density at radius 1 is 0.694 bits per heavy atom. The first-order chi connectivity index (χ1) is 69.3. The van der Waals surface area contributed by atoms with Crippen LogP contribution in [0.25, 0.3) is 33.4 Å². The van der Waals surface area contributed by atoms with E-state index in [0.29, 0.717) is 173 Å². The second kappa shape index (κ2) is 52.7. The Hall–Kier alpha value is -11.3. The number of carbonyl (C=O) groups is 8. The Balaban J connectivity index is 0.000000275. The molecule has 7 aliphatic rings. The van der Waals surface area contributed by atoms with Gasteiger partial charge in [0.05, 0.1) is 61.7 Å². The number of piperazine rings is 2. The number of nitrogens with two attached hydrogens (primary N) is 2. The van der Waals surface area contributed by atoms with E-state index < -0.39 is 90.2 Å². The SMILES string of the molecule is CC(=O)CCOCCN1CCN(c2ncc(C(=O)N3CCc4cc(Cn5nc(-c6ccc7oc(N)nc7c6)c6c(N)ncnc65)ccc4C3)cn2)CC1.CO[C@H]1C[C@@H]2CC[C@@H](C)[C@@](O)(O2)C(=O)C(=O)N2CCCC[C@H]2C(=O)O[C@H]([C@H](C)C[C@@H]2CC[C@@H](OC(=O)CCCOCCC(=O)NCc3cnc(N4CCN(C)CC4)nc3)[C@H](OC)C2)C[C@@H](OC)[C@H](C)/C=C(\C)[C@@H](O)[C@@H](OC)C(=O)[C@H](C)C[C@H](C)/C=C/C=C/C=C/1C. The minimum absolute atomic E-state index is 0.0181. The summed E-state index contributed by atoms with van der Waals surface area (Å²) < 4.78 is 61.1. The van der Waals surface area contributed by atoms with Crippen LogP contribution in [-0.4, -0.2) is 316 Å². The molecule has 144 heavy (non-hydrogen) atoms. The fraction of sp³-hybridized carbons (Fsp3) is 0.604. The number of aliphatic hydroxyl groups is 2. The maximum absolute atomic E-state index is 14.9. The minimum Gasteiger partial charge on any atom is -0.460 e. The summed E-state index contributed by atoms with van der Waals surface area (Å²) in [5, 5.41) is 32.4. The molecule has 3 amide bonds. The topological polar surface area (TPSA) is 465 Å². The van der Waals surface area contributed by atoms with Crippen LogP contribution >= 0.6 is 0 Å². The zero-order valence-corrected chi connectivity index (χ0v) is 85.8. The predicted octanol–water partition coefficient (Wildman–Crippen LogP) is 10.2. The second-order valence-electron chi connectivity index (χ2n) is 39.8.